The lowest BCUT2D eigenvalue weighted by Gasteiger charge is -2.17. The van der Waals surface area contributed by atoms with E-state index in [-0.39, 0.29) is 24.6 Å². The van der Waals surface area contributed by atoms with Crippen LogP contribution in [0.15, 0.2) is 71.3 Å². The van der Waals surface area contributed by atoms with E-state index in [0.29, 0.717) is 0 Å². The Morgan fingerprint density at radius 3 is 2.28 bits per heavy atom. The highest BCUT2D eigenvalue weighted by Crippen LogP contribution is 2.11. The molecule has 0 aliphatic heterocycles. The van der Waals surface area contributed by atoms with E-state index in [1.54, 1.807) is 6.92 Å². The van der Waals surface area contributed by atoms with Crippen molar-refractivity contribution >= 4 is 11.9 Å². The van der Waals surface area contributed by atoms with Gasteiger partial charge in [0.05, 0.1) is 6.04 Å². The van der Waals surface area contributed by atoms with Gasteiger partial charge in [-0.1, -0.05) is 60.7 Å². The smallest absolute Gasteiger partial charge is 0.329 e. The number of nitrogens with one attached hydrogen (secondary N) is 1. The SMILES string of the molecule is CC(N)c1nc(C(=O)NC(Cc2ccccc2)C(=O)OCc2ccccc2)co1. The Morgan fingerprint density at radius 2 is 1.69 bits per heavy atom. The van der Waals surface area contributed by atoms with Gasteiger partial charge in [0.25, 0.3) is 5.91 Å². The summed E-state index contributed by atoms with van der Waals surface area (Å²) in [5, 5.41) is 2.69. The van der Waals surface area contributed by atoms with E-state index >= 15 is 0 Å². The van der Waals surface area contributed by atoms with E-state index in [9.17, 15) is 9.59 Å². The summed E-state index contributed by atoms with van der Waals surface area (Å²) in [5.41, 5.74) is 7.53. The number of nitrogens with zero attached hydrogens (tertiary/aromatic N) is 1. The molecular weight excluding hydrogens is 370 g/mol. The summed E-state index contributed by atoms with van der Waals surface area (Å²) in [6.45, 7) is 1.83. The van der Waals surface area contributed by atoms with Crippen molar-refractivity contribution in [2.75, 3.05) is 0 Å². The van der Waals surface area contributed by atoms with Gasteiger partial charge < -0.3 is 20.2 Å². The quantitative estimate of drug-likeness (QED) is 0.570. The summed E-state index contributed by atoms with van der Waals surface area (Å²) in [6.07, 6.45) is 1.51. The minimum absolute atomic E-state index is 0.0613. The van der Waals surface area contributed by atoms with Gasteiger partial charge in [-0.05, 0) is 18.1 Å². The van der Waals surface area contributed by atoms with Gasteiger partial charge in [0.1, 0.15) is 18.9 Å². The first-order chi connectivity index (χ1) is 14.0. The second-order valence-corrected chi connectivity index (χ2v) is 6.67. The van der Waals surface area contributed by atoms with Gasteiger partial charge in [0.2, 0.25) is 5.89 Å². The Hall–Kier alpha value is -3.45. The van der Waals surface area contributed by atoms with Crippen LogP contribution in [0.5, 0.6) is 0 Å². The topological polar surface area (TPSA) is 107 Å². The maximum atomic E-state index is 12.7. The third-order valence-electron chi connectivity index (χ3n) is 4.24. The molecule has 3 rings (SSSR count). The first kappa shape index (κ1) is 20.3. The molecule has 3 aromatic rings. The van der Waals surface area contributed by atoms with Gasteiger partial charge in [-0.25, -0.2) is 9.78 Å². The molecule has 0 radical (unpaired) electrons. The van der Waals surface area contributed by atoms with Crippen LogP contribution in [0.25, 0.3) is 0 Å². The summed E-state index contributed by atoms with van der Waals surface area (Å²) in [7, 11) is 0. The Kier molecular flexibility index (Phi) is 6.76. The predicted molar refractivity (Wildman–Crippen MR) is 107 cm³/mol. The molecule has 0 saturated heterocycles. The molecule has 7 nitrogen and oxygen atoms in total. The van der Waals surface area contributed by atoms with Crippen LogP contribution >= 0.6 is 0 Å². The van der Waals surface area contributed by atoms with Crippen LogP contribution < -0.4 is 11.1 Å². The minimum Gasteiger partial charge on any atom is -0.459 e. The Labute approximate surface area is 168 Å². The van der Waals surface area contributed by atoms with E-state index in [0.717, 1.165) is 11.1 Å². The van der Waals surface area contributed by atoms with E-state index in [4.69, 9.17) is 14.9 Å². The monoisotopic (exact) mass is 393 g/mol. The molecule has 2 unspecified atom stereocenters. The summed E-state index contributed by atoms with van der Waals surface area (Å²) >= 11 is 0. The lowest BCUT2D eigenvalue weighted by atomic mass is 10.1. The lowest BCUT2D eigenvalue weighted by Crippen LogP contribution is -2.43. The van der Waals surface area contributed by atoms with Crippen molar-refractivity contribution in [2.24, 2.45) is 5.73 Å². The Balaban J connectivity index is 1.71. The van der Waals surface area contributed by atoms with E-state index in [1.165, 1.54) is 6.26 Å². The molecule has 2 aromatic carbocycles. The number of nitrogens with two attached hydrogens (primary N) is 1. The summed E-state index contributed by atoms with van der Waals surface area (Å²) in [6, 6.07) is 17.4. The molecular formula is C22H23N3O4. The maximum absolute atomic E-state index is 12.7. The highest BCUT2D eigenvalue weighted by molar-refractivity contribution is 5.95. The zero-order chi connectivity index (χ0) is 20.6. The standard InChI is InChI=1S/C22H23N3O4/c1-15(23)21-25-19(14-28-21)20(26)24-18(12-16-8-4-2-5-9-16)22(27)29-13-17-10-6-3-7-11-17/h2-11,14-15,18H,12-13,23H2,1H3,(H,24,26). The number of hydrogen-bond acceptors (Lipinski definition) is 6. The summed E-state index contributed by atoms with van der Waals surface area (Å²) < 4.78 is 10.6. The molecule has 0 spiro atoms. The second kappa shape index (κ2) is 9.66. The number of aromatic nitrogens is 1. The molecule has 1 amide bonds. The Morgan fingerprint density at radius 1 is 1.07 bits per heavy atom. The molecule has 0 aliphatic rings. The minimum atomic E-state index is -0.871. The van der Waals surface area contributed by atoms with E-state index < -0.39 is 24.0 Å². The van der Waals surface area contributed by atoms with Crippen LogP contribution in [0.2, 0.25) is 0 Å². The molecule has 1 aromatic heterocycles. The third-order valence-corrected chi connectivity index (χ3v) is 4.24. The van der Waals surface area contributed by atoms with Gasteiger partial charge in [-0.15, -0.1) is 0 Å². The molecule has 3 N–H and O–H groups in total. The zero-order valence-corrected chi connectivity index (χ0v) is 16.1. The molecule has 29 heavy (non-hydrogen) atoms. The fourth-order valence-electron chi connectivity index (χ4n) is 2.71. The number of carbonyl (C=O) groups excluding carboxylic acids is 2. The van der Waals surface area contributed by atoms with Crippen LogP contribution in [0.1, 0.15) is 40.5 Å². The number of benzene rings is 2. The summed E-state index contributed by atoms with van der Waals surface area (Å²) in [5.74, 6) is -0.804. The zero-order valence-electron chi connectivity index (χ0n) is 16.1. The van der Waals surface area contributed by atoms with Crippen LogP contribution in [-0.4, -0.2) is 22.9 Å². The number of oxazole rings is 1. The van der Waals surface area contributed by atoms with Crippen LogP contribution in [0.3, 0.4) is 0 Å². The predicted octanol–water partition coefficient (Wildman–Crippen LogP) is 2.78. The van der Waals surface area contributed by atoms with Gasteiger partial charge in [0, 0.05) is 6.42 Å². The fourth-order valence-corrected chi connectivity index (χ4v) is 2.71. The largest absolute Gasteiger partial charge is 0.459 e. The molecule has 150 valence electrons. The number of carbonyl (C=O) groups is 2. The van der Waals surface area contributed by atoms with Crippen LogP contribution in [0.4, 0.5) is 0 Å². The molecule has 0 fully saturated rings. The van der Waals surface area contributed by atoms with Gasteiger partial charge in [0.15, 0.2) is 5.69 Å². The van der Waals surface area contributed by atoms with Crippen LogP contribution in [-0.2, 0) is 22.6 Å². The van der Waals surface area contributed by atoms with Crippen molar-refractivity contribution in [1.29, 1.82) is 0 Å². The lowest BCUT2D eigenvalue weighted by molar-refractivity contribution is -0.147. The second-order valence-electron chi connectivity index (χ2n) is 6.67. The van der Waals surface area contributed by atoms with Crippen molar-refractivity contribution in [3.05, 3.63) is 89.6 Å². The molecule has 0 bridgehead atoms. The average molecular weight is 393 g/mol. The van der Waals surface area contributed by atoms with E-state index in [2.05, 4.69) is 10.3 Å². The molecule has 0 saturated carbocycles. The fraction of sp³-hybridized carbons (Fsp3) is 0.227. The number of ether oxygens (including phenoxy) is 1. The highest BCUT2D eigenvalue weighted by atomic mass is 16.5. The first-order valence-corrected chi connectivity index (χ1v) is 9.29. The number of hydrogen-bond donors (Lipinski definition) is 2. The van der Waals surface area contributed by atoms with Crippen molar-refractivity contribution < 1.29 is 18.7 Å². The van der Waals surface area contributed by atoms with Gasteiger partial charge in [-0.2, -0.15) is 0 Å². The average Bonchev–Trinajstić information content (AvgIpc) is 3.24. The number of esters is 1. The number of rotatable bonds is 8. The highest BCUT2D eigenvalue weighted by Gasteiger charge is 2.25. The number of amides is 1. The van der Waals surface area contributed by atoms with Crippen molar-refractivity contribution in [3.63, 3.8) is 0 Å². The van der Waals surface area contributed by atoms with Crippen molar-refractivity contribution in [1.82, 2.24) is 10.3 Å². The van der Waals surface area contributed by atoms with Crippen molar-refractivity contribution in [3.8, 4) is 0 Å². The summed E-state index contributed by atoms with van der Waals surface area (Å²) in [4.78, 5) is 29.3. The normalized spacial score (nSPS) is 12.8. The van der Waals surface area contributed by atoms with Crippen LogP contribution in [0, 0.1) is 0 Å². The van der Waals surface area contributed by atoms with E-state index in [1.807, 2.05) is 60.7 Å². The van der Waals surface area contributed by atoms with Gasteiger partial charge in [-0.3, -0.25) is 4.79 Å². The van der Waals surface area contributed by atoms with Crippen molar-refractivity contribution in [2.45, 2.75) is 32.0 Å². The molecule has 2 atom stereocenters. The molecule has 0 aliphatic carbocycles. The molecule has 1 heterocycles. The Bertz CT molecular complexity index is 939. The first-order valence-electron chi connectivity index (χ1n) is 9.29. The molecule has 7 heteroatoms. The third kappa shape index (κ3) is 5.76. The van der Waals surface area contributed by atoms with Gasteiger partial charge >= 0.3 is 5.97 Å². The maximum Gasteiger partial charge on any atom is 0.329 e.